The summed E-state index contributed by atoms with van der Waals surface area (Å²) < 4.78 is 1.04. The Bertz CT molecular complexity index is 984. The highest BCUT2D eigenvalue weighted by atomic mass is 35.5. The van der Waals surface area contributed by atoms with Crippen molar-refractivity contribution >= 4 is 52.5 Å². The number of aromatic carboxylic acids is 1. The smallest absolute Gasteiger partial charge is 0.356 e. The van der Waals surface area contributed by atoms with E-state index in [0.29, 0.717) is 31.9 Å². The van der Waals surface area contributed by atoms with E-state index in [2.05, 4.69) is 5.10 Å². The number of benzene rings is 2. The number of carbonyl (C=O) groups is 1. The van der Waals surface area contributed by atoms with Crippen LogP contribution in [0.15, 0.2) is 42.5 Å². The van der Waals surface area contributed by atoms with Crippen LogP contribution in [0.25, 0.3) is 11.3 Å². The second-order valence-corrected chi connectivity index (χ2v) is 7.27. The first-order chi connectivity index (χ1) is 12.3. The topological polar surface area (TPSA) is 55.1 Å². The molecule has 134 valence electrons. The molecule has 0 bridgehead atoms. The van der Waals surface area contributed by atoms with Crippen LogP contribution in [0.1, 0.15) is 34.5 Å². The van der Waals surface area contributed by atoms with Crippen LogP contribution in [0, 0.1) is 0 Å². The van der Waals surface area contributed by atoms with Crippen molar-refractivity contribution < 1.29 is 9.90 Å². The van der Waals surface area contributed by atoms with Crippen LogP contribution in [-0.2, 0) is 0 Å². The molecular formula is C18H12Cl4N2O2. The van der Waals surface area contributed by atoms with Crippen LogP contribution >= 0.6 is 46.6 Å². The minimum absolute atomic E-state index is 0.136. The van der Waals surface area contributed by atoms with Crippen molar-refractivity contribution in [3.8, 4) is 11.3 Å². The predicted octanol–water partition coefficient (Wildman–Crippen LogP) is 6.36. The number of halogens is 4. The molecule has 4 nitrogen and oxygen atoms in total. The van der Waals surface area contributed by atoms with Gasteiger partial charge in [0.2, 0.25) is 0 Å². The Kier molecular flexibility index (Phi) is 5.49. The average Bonchev–Trinajstić information content (AvgIpc) is 2.93. The van der Waals surface area contributed by atoms with Crippen molar-refractivity contribution in [2.75, 3.05) is 0 Å². The van der Waals surface area contributed by atoms with Gasteiger partial charge in [-0.05, 0) is 29.8 Å². The third kappa shape index (κ3) is 3.55. The lowest BCUT2D eigenvalue weighted by molar-refractivity contribution is 0.0688. The number of hydrogen-bond acceptors (Lipinski definition) is 2. The maximum atomic E-state index is 11.7. The number of rotatable bonds is 4. The zero-order valence-corrected chi connectivity index (χ0v) is 16.4. The average molecular weight is 430 g/mol. The lowest BCUT2D eigenvalue weighted by atomic mass is 9.89. The van der Waals surface area contributed by atoms with Crippen LogP contribution in [0.2, 0.25) is 15.1 Å². The molecule has 0 aliphatic heterocycles. The van der Waals surface area contributed by atoms with E-state index in [9.17, 15) is 9.90 Å². The van der Waals surface area contributed by atoms with Crippen molar-refractivity contribution in [1.29, 1.82) is 0 Å². The molecule has 3 rings (SSSR count). The van der Waals surface area contributed by atoms with Gasteiger partial charge in [-0.25, -0.2) is 4.79 Å². The Morgan fingerprint density at radius 3 is 2.27 bits per heavy atom. The van der Waals surface area contributed by atoms with E-state index in [1.165, 1.54) is 0 Å². The fourth-order valence-electron chi connectivity index (χ4n) is 2.85. The quantitative estimate of drug-likeness (QED) is 0.524. The molecule has 1 heterocycles. The molecule has 26 heavy (non-hydrogen) atoms. The summed E-state index contributed by atoms with van der Waals surface area (Å²) in [4.78, 5) is 11.7. The molecule has 0 aliphatic carbocycles. The molecular weight excluding hydrogens is 418 g/mol. The first kappa shape index (κ1) is 19.1. The fourth-order valence-corrected chi connectivity index (χ4v) is 3.81. The number of carboxylic acids is 1. The molecule has 0 fully saturated rings. The van der Waals surface area contributed by atoms with Crippen LogP contribution in [0.3, 0.4) is 0 Å². The van der Waals surface area contributed by atoms with Crippen molar-refractivity contribution in [2.24, 2.45) is 0 Å². The van der Waals surface area contributed by atoms with E-state index in [0.717, 1.165) is 9.76 Å². The Morgan fingerprint density at radius 2 is 1.69 bits per heavy atom. The summed E-state index contributed by atoms with van der Waals surface area (Å²) in [6.07, 6.45) is 0. The molecule has 2 aromatic carbocycles. The van der Waals surface area contributed by atoms with Crippen molar-refractivity contribution in [3.05, 3.63) is 74.4 Å². The molecule has 1 aromatic heterocycles. The first-order valence-corrected chi connectivity index (χ1v) is 9.00. The van der Waals surface area contributed by atoms with Crippen LogP contribution in [0.4, 0.5) is 0 Å². The van der Waals surface area contributed by atoms with Gasteiger partial charge in [-0.1, -0.05) is 59.9 Å². The molecule has 8 heteroatoms. The minimum atomic E-state index is -1.17. The molecule has 0 saturated carbocycles. The molecule has 1 N–H and O–H groups in total. The van der Waals surface area contributed by atoms with E-state index >= 15 is 0 Å². The molecule has 0 spiro atoms. The van der Waals surface area contributed by atoms with Gasteiger partial charge in [0, 0.05) is 43.9 Å². The third-order valence-electron chi connectivity index (χ3n) is 4.06. The van der Waals surface area contributed by atoms with Crippen LogP contribution in [-0.4, -0.2) is 20.4 Å². The number of aromatic nitrogens is 2. The summed E-state index contributed by atoms with van der Waals surface area (Å²) in [5, 5.41) is 15.1. The number of hydrogen-bond donors (Lipinski definition) is 1. The summed E-state index contributed by atoms with van der Waals surface area (Å²) in [7, 11) is 0. The highest BCUT2D eigenvalue weighted by Gasteiger charge is 2.29. The van der Waals surface area contributed by atoms with Gasteiger partial charge in [0.05, 0.1) is 5.69 Å². The SMILES string of the molecule is CC(c1ccc(Cl)cc1Cl)c1c(C(=O)O)nn(Cl)c1-c1ccc(Cl)cc1. The van der Waals surface area contributed by atoms with Gasteiger partial charge in [0.15, 0.2) is 5.69 Å². The van der Waals surface area contributed by atoms with Gasteiger partial charge < -0.3 is 5.11 Å². The first-order valence-electron chi connectivity index (χ1n) is 7.53. The highest BCUT2D eigenvalue weighted by molar-refractivity contribution is 6.35. The standard InChI is InChI=1S/C18H12Cl4N2O2/c1-9(13-7-6-12(20)8-14(13)21)15-16(18(25)26)23-24(22)17(15)10-2-4-11(19)5-3-10/h2-9H,1H3,(H,25,26). The van der Waals surface area contributed by atoms with Crippen molar-refractivity contribution in [3.63, 3.8) is 0 Å². The molecule has 3 aromatic rings. The predicted molar refractivity (Wildman–Crippen MR) is 105 cm³/mol. The maximum absolute atomic E-state index is 11.7. The highest BCUT2D eigenvalue weighted by Crippen LogP contribution is 2.39. The summed E-state index contributed by atoms with van der Waals surface area (Å²) >= 11 is 24.5. The summed E-state index contributed by atoms with van der Waals surface area (Å²) in [5.74, 6) is -1.56. The van der Waals surface area contributed by atoms with Gasteiger partial charge in [0.25, 0.3) is 0 Å². The van der Waals surface area contributed by atoms with Crippen molar-refractivity contribution in [2.45, 2.75) is 12.8 Å². The second-order valence-electron chi connectivity index (χ2n) is 5.67. The fraction of sp³-hybridized carbons (Fsp3) is 0.111. The second kappa shape index (κ2) is 7.49. The third-order valence-corrected chi connectivity index (χ3v) is 5.12. The summed E-state index contributed by atoms with van der Waals surface area (Å²) in [5.41, 5.74) is 2.21. The zero-order valence-electron chi connectivity index (χ0n) is 13.4. The summed E-state index contributed by atoms with van der Waals surface area (Å²) in [6.45, 7) is 1.84. The molecule has 1 unspecified atom stereocenters. The minimum Gasteiger partial charge on any atom is -0.476 e. The van der Waals surface area contributed by atoms with Gasteiger partial charge >= 0.3 is 5.97 Å². The zero-order chi connectivity index (χ0) is 19.0. The lowest BCUT2D eigenvalue weighted by Gasteiger charge is -2.16. The Hall–Kier alpha value is -1.72. The molecule has 0 radical (unpaired) electrons. The van der Waals surface area contributed by atoms with Crippen LogP contribution < -0.4 is 0 Å². The van der Waals surface area contributed by atoms with Crippen LogP contribution in [0.5, 0.6) is 0 Å². The van der Waals surface area contributed by atoms with E-state index in [1.807, 2.05) is 6.92 Å². The van der Waals surface area contributed by atoms with Gasteiger partial charge in [-0.2, -0.15) is 4.20 Å². The Morgan fingerprint density at radius 1 is 1.08 bits per heavy atom. The Balaban J connectivity index is 2.24. The number of nitrogens with zero attached hydrogens (tertiary/aromatic N) is 2. The normalized spacial score (nSPS) is 12.2. The van der Waals surface area contributed by atoms with E-state index < -0.39 is 5.97 Å². The molecule has 0 amide bonds. The van der Waals surface area contributed by atoms with Crippen molar-refractivity contribution in [1.82, 2.24) is 9.30 Å². The van der Waals surface area contributed by atoms with E-state index in [-0.39, 0.29) is 11.6 Å². The van der Waals surface area contributed by atoms with E-state index in [1.54, 1.807) is 42.5 Å². The number of carboxylic acid groups (broad SMARTS) is 1. The van der Waals surface area contributed by atoms with E-state index in [4.69, 9.17) is 46.6 Å². The molecule has 1 atom stereocenters. The maximum Gasteiger partial charge on any atom is 0.356 e. The lowest BCUT2D eigenvalue weighted by Crippen LogP contribution is -2.06. The summed E-state index contributed by atoms with van der Waals surface area (Å²) in [6, 6.07) is 12.0. The van der Waals surface area contributed by atoms with Gasteiger partial charge in [-0.15, -0.1) is 5.10 Å². The largest absolute Gasteiger partial charge is 0.476 e. The van der Waals surface area contributed by atoms with Gasteiger partial charge in [0.1, 0.15) is 0 Å². The van der Waals surface area contributed by atoms with Gasteiger partial charge in [-0.3, -0.25) is 0 Å². The monoisotopic (exact) mass is 428 g/mol. The molecule has 0 aliphatic rings. The molecule has 0 saturated heterocycles. The Labute approximate surface area is 170 Å².